The second-order valence-corrected chi connectivity index (χ2v) is 5.19. The number of nitrogens with one attached hydrogen (secondary N) is 1. The zero-order valence-electron chi connectivity index (χ0n) is 9.31. The number of carboxylic acids is 1. The molecule has 1 heterocycles. The summed E-state index contributed by atoms with van der Waals surface area (Å²) in [5, 5.41) is 8.33. The van der Waals surface area contributed by atoms with Crippen molar-refractivity contribution in [2.75, 3.05) is 6.54 Å². The van der Waals surface area contributed by atoms with E-state index < -0.39 is 39.2 Å². The molecule has 0 aliphatic heterocycles. The van der Waals surface area contributed by atoms with Crippen LogP contribution in [0.2, 0.25) is 0 Å². The summed E-state index contributed by atoms with van der Waals surface area (Å²) < 4.78 is 61.7. The number of nitrogens with zero attached hydrogens (tertiary/aromatic N) is 1. The molecule has 1 rings (SSSR count). The van der Waals surface area contributed by atoms with Gasteiger partial charge < -0.3 is 5.11 Å². The maximum absolute atomic E-state index is 12.2. The molecule has 19 heavy (non-hydrogen) atoms. The van der Waals surface area contributed by atoms with Gasteiger partial charge >= 0.3 is 12.1 Å². The molecule has 106 valence electrons. The van der Waals surface area contributed by atoms with Crippen molar-refractivity contribution in [3.8, 4) is 0 Å². The number of carboxylic acid groups (broad SMARTS) is 1. The topological polar surface area (TPSA) is 96.4 Å². The second kappa shape index (κ2) is 5.53. The zero-order chi connectivity index (χ0) is 14.7. The van der Waals surface area contributed by atoms with Crippen molar-refractivity contribution in [2.24, 2.45) is 0 Å². The summed E-state index contributed by atoms with van der Waals surface area (Å²) in [5.41, 5.74) is -1.21. The quantitative estimate of drug-likeness (QED) is 0.840. The Morgan fingerprint density at radius 2 is 2.00 bits per heavy atom. The summed E-state index contributed by atoms with van der Waals surface area (Å²) in [5.74, 6) is -1.20. The van der Waals surface area contributed by atoms with Gasteiger partial charge in [0, 0.05) is 12.7 Å². The van der Waals surface area contributed by atoms with E-state index in [0.29, 0.717) is 12.3 Å². The molecule has 6 nitrogen and oxygen atoms in total. The lowest BCUT2D eigenvalue weighted by Gasteiger charge is -2.08. The van der Waals surface area contributed by atoms with Crippen LogP contribution in [0.15, 0.2) is 23.2 Å². The number of pyridine rings is 1. The molecule has 0 atom stereocenters. The molecular formula is C9H9F3N2O4S. The molecule has 0 saturated carbocycles. The Morgan fingerprint density at radius 3 is 2.42 bits per heavy atom. The van der Waals surface area contributed by atoms with Crippen molar-refractivity contribution in [1.82, 2.24) is 9.71 Å². The molecule has 0 aliphatic rings. The minimum absolute atomic E-state index is 0.362. The van der Waals surface area contributed by atoms with Crippen molar-refractivity contribution in [1.29, 1.82) is 0 Å². The summed E-state index contributed by atoms with van der Waals surface area (Å²) in [6.07, 6.45) is -4.53. The standard InChI is InChI=1S/C9H9F3N2O4S/c10-9(11,12)7-2-1-6(5-13-7)19(17,18)14-4-3-8(15)16/h1-2,5,14H,3-4H2,(H,15,16). The molecule has 0 spiro atoms. The van der Waals surface area contributed by atoms with Crippen molar-refractivity contribution in [3.05, 3.63) is 24.0 Å². The molecule has 0 aliphatic carbocycles. The highest BCUT2D eigenvalue weighted by molar-refractivity contribution is 7.89. The van der Waals surface area contributed by atoms with E-state index in [2.05, 4.69) is 4.98 Å². The zero-order valence-corrected chi connectivity index (χ0v) is 10.1. The third kappa shape index (κ3) is 4.48. The number of aliphatic carboxylic acids is 1. The summed E-state index contributed by atoms with van der Waals surface area (Å²) >= 11 is 0. The largest absolute Gasteiger partial charge is 0.481 e. The number of alkyl halides is 3. The Hall–Kier alpha value is -1.68. The smallest absolute Gasteiger partial charge is 0.433 e. The highest BCUT2D eigenvalue weighted by Crippen LogP contribution is 2.27. The van der Waals surface area contributed by atoms with Crippen LogP contribution in [0.5, 0.6) is 0 Å². The van der Waals surface area contributed by atoms with Gasteiger partial charge in [0.15, 0.2) is 0 Å². The molecule has 0 amide bonds. The van der Waals surface area contributed by atoms with Crippen LogP contribution in [-0.2, 0) is 21.0 Å². The van der Waals surface area contributed by atoms with E-state index in [1.165, 1.54) is 0 Å². The molecule has 10 heteroatoms. The summed E-state index contributed by atoms with van der Waals surface area (Å²) in [4.78, 5) is 12.7. The Labute approximate surface area is 106 Å². The maximum Gasteiger partial charge on any atom is 0.433 e. The molecule has 0 bridgehead atoms. The maximum atomic E-state index is 12.2. The van der Waals surface area contributed by atoms with Crippen LogP contribution < -0.4 is 4.72 Å². The van der Waals surface area contributed by atoms with Crippen LogP contribution in [0.1, 0.15) is 12.1 Å². The Kier molecular flexibility index (Phi) is 4.48. The fraction of sp³-hybridized carbons (Fsp3) is 0.333. The van der Waals surface area contributed by atoms with Crippen LogP contribution in [0.3, 0.4) is 0 Å². The molecule has 0 aromatic carbocycles. The Morgan fingerprint density at radius 1 is 1.37 bits per heavy atom. The molecule has 1 aromatic rings. The first kappa shape index (κ1) is 15.4. The number of sulfonamides is 1. The highest BCUT2D eigenvalue weighted by Gasteiger charge is 2.32. The van der Waals surface area contributed by atoms with E-state index in [4.69, 9.17) is 5.11 Å². The van der Waals surface area contributed by atoms with E-state index in [9.17, 15) is 26.4 Å². The van der Waals surface area contributed by atoms with Gasteiger partial charge in [0.1, 0.15) is 10.6 Å². The van der Waals surface area contributed by atoms with Crippen LogP contribution in [0.4, 0.5) is 13.2 Å². The van der Waals surface area contributed by atoms with Gasteiger partial charge in [0.25, 0.3) is 0 Å². The van der Waals surface area contributed by atoms with Gasteiger partial charge in [0.05, 0.1) is 6.42 Å². The number of hydrogen-bond donors (Lipinski definition) is 2. The van der Waals surface area contributed by atoms with Crippen molar-refractivity contribution >= 4 is 16.0 Å². The molecule has 0 fully saturated rings. The van der Waals surface area contributed by atoms with E-state index in [0.717, 1.165) is 6.07 Å². The van der Waals surface area contributed by atoms with Gasteiger partial charge in [0.2, 0.25) is 10.0 Å². The van der Waals surface area contributed by atoms with E-state index >= 15 is 0 Å². The minimum Gasteiger partial charge on any atom is -0.481 e. The van der Waals surface area contributed by atoms with Crippen LogP contribution in [0.25, 0.3) is 0 Å². The number of carbonyl (C=O) groups is 1. The minimum atomic E-state index is -4.65. The van der Waals surface area contributed by atoms with E-state index in [-0.39, 0.29) is 6.54 Å². The average Bonchev–Trinajstić information content (AvgIpc) is 2.27. The van der Waals surface area contributed by atoms with E-state index in [1.807, 2.05) is 4.72 Å². The monoisotopic (exact) mass is 298 g/mol. The summed E-state index contributed by atoms with van der Waals surface area (Å²) in [7, 11) is -4.06. The predicted molar refractivity (Wildman–Crippen MR) is 56.7 cm³/mol. The van der Waals surface area contributed by atoms with Crippen molar-refractivity contribution in [3.63, 3.8) is 0 Å². The first-order chi connectivity index (χ1) is 8.63. The highest BCUT2D eigenvalue weighted by atomic mass is 32.2. The average molecular weight is 298 g/mol. The van der Waals surface area contributed by atoms with Gasteiger partial charge in [-0.1, -0.05) is 0 Å². The van der Waals surface area contributed by atoms with Gasteiger partial charge in [-0.2, -0.15) is 13.2 Å². The van der Waals surface area contributed by atoms with Crippen molar-refractivity contribution in [2.45, 2.75) is 17.5 Å². The second-order valence-electron chi connectivity index (χ2n) is 3.42. The van der Waals surface area contributed by atoms with Gasteiger partial charge in [-0.25, -0.2) is 13.1 Å². The van der Waals surface area contributed by atoms with Crippen molar-refractivity contribution < 1.29 is 31.5 Å². The molecule has 2 N–H and O–H groups in total. The first-order valence-corrected chi connectivity index (χ1v) is 6.36. The molecule has 0 unspecified atom stereocenters. The number of aromatic nitrogens is 1. The SMILES string of the molecule is O=C(O)CCNS(=O)(=O)c1ccc(C(F)(F)F)nc1. The predicted octanol–water partition coefficient (Wildman–Crippen LogP) is 0.853. The van der Waals surface area contributed by atoms with Gasteiger partial charge in [-0.3, -0.25) is 9.78 Å². The molecule has 0 radical (unpaired) electrons. The lowest BCUT2D eigenvalue weighted by molar-refractivity contribution is -0.141. The van der Waals surface area contributed by atoms with Gasteiger partial charge in [-0.05, 0) is 12.1 Å². The molecule has 1 aromatic heterocycles. The third-order valence-electron chi connectivity index (χ3n) is 1.97. The van der Waals surface area contributed by atoms with Gasteiger partial charge in [-0.15, -0.1) is 0 Å². The fourth-order valence-corrected chi connectivity index (χ4v) is 2.06. The lowest BCUT2D eigenvalue weighted by atomic mass is 10.3. The lowest BCUT2D eigenvalue weighted by Crippen LogP contribution is -2.26. The first-order valence-electron chi connectivity index (χ1n) is 4.87. The molecule has 0 saturated heterocycles. The number of halogens is 3. The fourth-order valence-electron chi connectivity index (χ4n) is 1.08. The Bertz CT molecular complexity index is 554. The molecular weight excluding hydrogens is 289 g/mol. The summed E-state index contributed by atoms with van der Waals surface area (Å²) in [6.45, 7) is -0.362. The van der Waals surface area contributed by atoms with E-state index in [1.54, 1.807) is 0 Å². The summed E-state index contributed by atoms with van der Waals surface area (Å²) in [6, 6.07) is 1.28. The van der Waals surface area contributed by atoms with Crippen LogP contribution in [0, 0.1) is 0 Å². The third-order valence-corrected chi connectivity index (χ3v) is 3.41. The number of rotatable bonds is 5. The van der Waals surface area contributed by atoms with Crippen LogP contribution in [-0.4, -0.2) is 31.0 Å². The Balaban J connectivity index is 2.82. The number of hydrogen-bond acceptors (Lipinski definition) is 4. The van der Waals surface area contributed by atoms with Crippen LogP contribution >= 0.6 is 0 Å². The normalized spacial score (nSPS) is 12.4.